The lowest BCUT2D eigenvalue weighted by molar-refractivity contribution is 0.102. The first-order valence-corrected chi connectivity index (χ1v) is 6.68. The van der Waals surface area contributed by atoms with Gasteiger partial charge in [0.15, 0.2) is 0 Å². The van der Waals surface area contributed by atoms with Crippen molar-refractivity contribution in [3.05, 3.63) is 57.6 Å². The Morgan fingerprint density at radius 3 is 2.75 bits per heavy atom. The van der Waals surface area contributed by atoms with Gasteiger partial charge in [-0.3, -0.25) is 4.79 Å². The van der Waals surface area contributed by atoms with Gasteiger partial charge in [-0.15, -0.1) is 0 Å². The average Bonchev–Trinajstić information content (AvgIpc) is 2.43. The van der Waals surface area contributed by atoms with E-state index in [1.807, 2.05) is 6.07 Å². The molecule has 20 heavy (non-hydrogen) atoms. The van der Waals surface area contributed by atoms with Crippen LogP contribution in [0, 0.1) is 18.3 Å². The fraction of sp³-hybridized carbons (Fsp3) is 0.0667. The van der Waals surface area contributed by atoms with E-state index in [0.717, 1.165) is 4.47 Å². The number of anilines is 2. The summed E-state index contributed by atoms with van der Waals surface area (Å²) >= 11 is 3.32. The molecular formula is C15H12BrN3O. The van der Waals surface area contributed by atoms with Gasteiger partial charge in [-0.2, -0.15) is 5.26 Å². The van der Waals surface area contributed by atoms with Crippen LogP contribution in [0.2, 0.25) is 0 Å². The quantitative estimate of drug-likeness (QED) is 0.828. The van der Waals surface area contributed by atoms with E-state index in [4.69, 9.17) is 11.0 Å². The van der Waals surface area contributed by atoms with Crippen LogP contribution < -0.4 is 11.1 Å². The van der Waals surface area contributed by atoms with Crippen molar-refractivity contribution in [1.82, 2.24) is 0 Å². The minimum absolute atomic E-state index is 0.293. The van der Waals surface area contributed by atoms with Crippen molar-refractivity contribution in [2.24, 2.45) is 0 Å². The molecule has 0 aromatic heterocycles. The third-order valence-electron chi connectivity index (χ3n) is 2.95. The second-order valence-corrected chi connectivity index (χ2v) is 5.19. The van der Waals surface area contributed by atoms with Crippen molar-refractivity contribution in [2.45, 2.75) is 6.92 Å². The third kappa shape index (κ3) is 2.81. The van der Waals surface area contributed by atoms with Crippen LogP contribution in [-0.2, 0) is 0 Å². The summed E-state index contributed by atoms with van der Waals surface area (Å²) in [5.74, 6) is -0.293. The zero-order valence-corrected chi connectivity index (χ0v) is 12.4. The molecule has 0 aliphatic carbocycles. The molecule has 100 valence electrons. The van der Waals surface area contributed by atoms with Gasteiger partial charge >= 0.3 is 0 Å². The molecule has 0 aliphatic rings. The van der Waals surface area contributed by atoms with Gasteiger partial charge in [0.25, 0.3) is 5.91 Å². The predicted octanol–water partition coefficient (Wildman–Crippen LogP) is 3.46. The van der Waals surface area contributed by atoms with E-state index in [1.165, 1.54) is 0 Å². The van der Waals surface area contributed by atoms with Crippen molar-refractivity contribution in [3.63, 3.8) is 0 Å². The molecule has 0 radical (unpaired) electrons. The second-order valence-electron chi connectivity index (χ2n) is 4.28. The van der Waals surface area contributed by atoms with E-state index in [0.29, 0.717) is 28.1 Å². The first-order chi connectivity index (χ1) is 9.52. The Morgan fingerprint density at radius 2 is 2.05 bits per heavy atom. The lowest BCUT2D eigenvalue weighted by Gasteiger charge is -2.11. The summed E-state index contributed by atoms with van der Waals surface area (Å²) in [5, 5.41) is 11.8. The summed E-state index contributed by atoms with van der Waals surface area (Å²) in [4.78, 5) is 12.3. The van der Waals surface area contributed by atoms with E-state index < -0.39 is 0 Å². The third-order valence-corrected chi connectivity index (χ3v) is 3.41. The number of hydrogen-bond acceptors (Lipinski definition) is 3. The Hall–Kier alpha value is -2.32. The number of nitrogens with zero attached hydrogens (tertiary/aromatic N) is 1. The van der Waals surface area contributed by atoms with Crippen molar-refractivity contribution in [1.29, 1.82) is 5.26 Å². The molecule has 0 atom stereocenters. The smallest absolute Gasteiger partial charge is 0.256 e. The lowest BCUT2D eigenvalue weighted by atomic mass is 10.1. The van der Waals surface area contributed by atoms with Crippen molar-refractivity contribution >= 4 is 33.2 Å². The second kappa shape index (κ2) is 5.76. The standard InChI is InChI=1S/C15H12BrN3O/c1-9-12(6-11(16)7-13(9)18)15(20)19-14-5-3-2-4-10(14)8-17/h2-7H,18H2,1H3,(H,19,20). The summed E-state index contributed by atoms with van der Waals surface area (Å²) in [7, 11) is 0. The largest absolute Gasteiger partial charge is 0.398 e. The first kappa shape index (κ1) is 14.1. The number of carbonyl (C=O) groups is 1. The van der Waals surface area contributed by atoms with E-state index in [2.05, 4.69) is 21.2 Å². The lowest BCUT2D eigenvalue weighted by Crippen LogP contribution is -2.15. The van der Waals surface area contributed by atoms with Gasteiger partial charge in [-0.25, -0.2) is 0 Å². The maximum absolute atomic E-state index is 12.3. The van der Waals surface area contributed by atoms with Crippen LogP contribution in [0.3, 0.4) is 0 Å². The molecule has 2 aromatic carbocycles. The number of rotatable bonds is 2. The molecule has 4 nitrogen and oxygen atoms in total. The molecule has 0 aliphatic heterocycles. The zero-order valence-electron chi connectivity index (χ0n) is 10.8. The number of carbonyl (C=O) groups excluding carboxylic acids is 1. The van der Waals surface area contributed by atoms with E-state index >= 15 is 0 Å². The van der Waals surface area contributed by atoms with Crippen LogP contribution in [0.15, 0.2) is 40.9 Å². The Balaban J connectivity index is 2.36. The topological polar surface area (TPSA) is 78.9 Å². The molecule has 2 aromatic rings. The van der Waals surface area contributed by atoms with Crippen LogP contribution in [-0.4, -0.2) is 5.91 Å². The van der Waals surface area contributed by atoms with Gasteiger partial charge in [-0.1, -0.05) is 28.1 Å². The number of nitrogens with two attached hydrogens (primary N) is 1. The number of halogens is 1. The molecule has 0 saturated carbocycles. The summed E-state index contributed by atoms with van der Waals surface area (Å²) in [6.07, 6.45) is 0. The molecule has 0 saturated heterocycles. The van der Waals surface area contributed by atoms with Gasteiger partial charge < -0.3 is 11.1 Å². The molecule has 0 unspecified atom stereocenters. The molecule has 1 amide bonds. The van der Waals surface area contributed by atoms with Crippen LogP contribution in [0.5, 0.6) is 0 Å². The van der Waals surface area contributed by atoms with Gasteiger partial charge in [0.2, 0.25) is 0 Å². The highest BCUT2D eigenvalue weighted by molar-refractivity contribution is 9.10. The minimum Gasteiger partial charge on any atom is -0.398 e. The number of nitrogen functional groups attached to an aromatic ring is 1. The summed E-state index contributed by atoms with van der Waals surface area (Å²) in [6, 6.07) is 12.3. The molecule has 2 rings (SSSR count). The number of nitrogens with one attached hydrogen (secondary N) is 1. The Labute approximate surface area is 125 Å². The molecule has 0 spiro atoms. The predicted molar refractivity (Wildman–Crippen MR) is 82.4 cm³/mol. The highest BCUT2D eigenvalue weighted by atomic mass is 79.9. The van der Waals surface area contributed by atoms with E-state index in [9.17, 15) is 4.79 Å². The van der Waals surface area contributed by atoms with Crippen molar-refractivity contribution < 1.29 is 4.79 Å². The van der Waals surface area contributed by atoms with Crippen LogP contribution >= 0.6 is 15.9 Å². The van der Waals surface area contributed by atoms with Gasteiger partial charge in [0.05, 0.1) is 11.3 Å². The van der Waals surface area contributed by atoms with Crippen molar-refractivity contribution in [2.75, 3.05) is 11.1 Å². The SMILES string of the molecule is Cc1c(N)cc(Br)cc1C(=O)Nc1ccccc1C#N. The van der Waals surface area contributed by atoms with Crippen LogP contribution in [0.4, 0.5) is 11.4 Å². The van der Waals surface area contributed by atoms with Crippen molar-refractivity contribution in [3.8, 4) is 6.07 Å². The summed E-state index contributed by atoms with van der Waals surface area (Å²) in [6.45, 7) is 1.78. The van der Waals surface area contributed by atoms with Gasteiger partial charge in [-0.05, 0) is 36.8 Å². The average molecular weight is 330 g/mol. The highest BCUT2D eigenvalue weighted by Gasteiger charge is 2.13. The monoisotopic (exact) mass is 329 g/mol. The number of benzene rings is 2. The molecule has 0 fully saturated rings. The zero-order chi connectivity index (χ0) is 14.7. The van der Waals surface area contributed by atoms with Gasteiger partial charge in [0.1, 0.15) is 6.07 Å². The highest BCUT2D eigenvalue weighted by Crippen LogP contribution is 2.24. The van der Waals surface area contributed by atoms with Gasteiger partial charge in [0, 0.05) is 15.7 Å². The Morgan fingerprint density at radius 1 is 1.35 bits per heavy atom. The maximum atomic E-state index is 12.3. The Bertz CT molecular complexity index is 720. The Kier molecular flexibility index (Phi) is 4.06. The maximum Gasteiger partial charge on any atom is 0.256 e. The minimum atomic E-state index is -0.293. The number of hydrogen-bond donors (Lipinski definition) is 2. The van der Waals surface area contributed by atoms with E-state index in [1.54, 1.807) is 43.3 Å². The number of nitriles is 1. The van der Waals surface area contributed by atoms with Crippen LogP contribution in [0.1, 0.15) is 21.5 Å². The summed E-state index contributed by atoms with van der Waals surface area (Å²) in [5.41, 5.74) is 8.47. The molecule has 3 N–H and O–H groups in total. The van der Waals surface area contributed by atoms with E-state index in [-0.39, 0.29) is 5.91 Å². The summed E-state index contributed by atoms with van der Waals surface area (Å²) < 4.78 is 0.735. The number of amides is 1. The normalized spacial score (nSPS) is 9.85. The fourth-order valence-electron chi connectivity index (χ4n) is 1.82. The molecular weight excluding hydrogens is 318 g/mol. The molecule has 0 heterocycles. The molecule has 5 heteroatoms. The first-order valence-electron chi connectivity index (χ1n) is 5.89. The molecule has 0 bridgehead atoms. The van der Waals surface area contributed by atoms with Crippen LogP contribution in [0.25, 0.3) is 0 Å². The number of para-hydroxylation sites is 1. The fourth-order valence-corrected chi connectivity index (χ4v) is 2.29.